The molecule has 0 bridgehead atoms. The lowest BCUT2D eigenvalue weighted by Gasteiger charge is -2.29. The third-order valence-corrected chi connectivity index (χ3v) is 6.46. The topological polar surface area (TPSA) is 66.9 Å². The van der Waals surface area contributed by atoms with E-state index in [2.05, 4.69) is 17.2 Å². The second-order valence-electron chi connectivity index (χ2n) is 8.22. The Labute approximate surface area is 181 Å². The maximum atomic E-state index is 13.0. The number of rotatable bonds is 5. The summed E-state index contributed by atoms with van der Waals surface area (Å²) < 4.78 is 1.97. The number of aromatic amines is 1. The van der Waals surface area contributed by atoms with Crippen LogP contribution in [0.2, 0.25) is 0 Å². The molecule has 2 N–H and O–H groups in total. The molecular weight excluding hydrogens is 394 g/mol. The molecule has 156 valence electrons. The van der Waals surface area contributed by atoms with Crippen molar-refractivity contribution in [2.45, 2.75) is 51.6 Å². The van der Waals surface area contributed by atoms with Gasteiger partial charge in [-0.3, -0.25) is 14.2 Å². The van der Waals surface area contributed by atoms with Gasteiger partial charge in [-0.05, 0) is 61.2 Å². The maximum Gasteiger partial charge on any atom is 0.262 e. The molecule has 1 aliphatic rings. The fourth-order valence-electron chi connectivity index (χ4n) is 4.27. The van der Waals surface area contributed by atoms with Gasteiger partial charge in [0.2, 0.25) is 0 Å². The minimum atomic E-state index is -0.127. The highest BCUT2D eigenvalue weighted by molar-refractivity contribution is 7.71. The smallest absolute Gasteiger partial charge is 0.262 e. The van der Waals surface area contributed by atoms with Crippen molar-refractivity contribution in [2.24, 2.45) is 5.92 Å². The second-order valence-corrected chi connectivity index (χ2v) is 8.61. The van der Waals surface area contributed by atoms with E-state index in [0.717, 1.165) is 31.2 Å². The van der Waals surface area contributed by atoms with E-state index >= 15 is 0 Å². The van der Waals surface area contributed by atoms with Crippen molar-refractivity contribution in [1.29, 1.82) is 0 Å². The molecule has 3 aromatic rings. The number of H-pyrrole nitrogens is 1. The minimum absolute atomic E-state index is 0.0942. The number of nitrogens with zero attached hydrogens (tertiary/aromatic N) is 1. The fraction of sp³-hybridized carbons (Fsp3) is 0.375. The Kier molecular flexibility index (Phi) is 6.13. The molecule has 0 saturated heterocycles. The molecule has 6 heteroatoms. The second kappa shape index (κ2) is 8.96. The fourth-order valence-corrected chi connectivity index (χ4v) is 4.55. The number of aryl methyl sites for hydroxylation is 1. The van der Waals surface area contributed by atoms with Crippen LogP contribution in [0.4, 0.5) is 0 Å². The molecule has 1 amide bonds. The Bertz CT molecular complexity index is 1170. The molecule has 30 heavy (non-hydrogen) atoms. The number of benzene rings is 2. The SMILES string of the molecule is CC1CCCCC1NC(=O)c1ccc2c(=O)n(CCc3ccccc3)c(=S)[nH]c2c1. The summed E-state index contributed by atoms with van der Waals surface area (Å²) in [4.78, 5) is 28.9. The van der Waals surface area contributed by atoms with Gasteiger partial charge in [0.1, 0.15) is 0 Å². The van der Waals surface area contributed by atoms with E-state index in [9.17, 15) is 9.59 Å². The van der Waals surface area contributed by atoms with Gasteiger partial charge >= 0.3 is 0 Å². The Morgan fingerprint density at radius 3 is 2.70 bits per heavy atom. The molecule has 2 atom stereocenters. The van der Waals surface area contributed by atoms with Crippen molar-refractivity contribution < 1.29 is 4.79 Å². The zero-order valence-corrected chi connectivity index (χ0v) is 18.0. The first kappa shape index (κ1) is 20.5. The van der Waals surface area contributed by atoms with Crippen molar-refractivity contribution in [3.8, 4) is 0 Å². The van der Waals surface area contributed by atoms with Crippen LogP contribution in [-0.2, 0) is 13.0 Å². The van der Waals surface area contributed by atoms with Crippen molar-refractivity contribution in [1.82, 2.24) is 14.9 Å². The molecule has 5 nitrogen and oxygen atoms in total. The van der Waals surface area contributed by atoms with Gasteiger partial charge in [0.05, 0.1) is 10.9 Å². The maximum absolute atomic E-state index is 13.0. The summed E-state index contributed by atoms with van der Waals surface area (Å²) in [5.41, 5.74) is 2.18. The first-order chi connectivity index (χ1) is 14.5. The van der Waals surface area contributed by atoms with Crippen LogP contribution < -0.4 is 10.9 Å². The average molecular weight is 422 g/mol. The summed E-state index contributed by atoms with van der Waals surface area (Å²) in [7, 11) is 0. The van der Waals surface area contributed by atoms with Gasteiger partial charge in [-0.15, -0.1) is 0 Å². The van der Waals surface area contributed by atoms with Crippen LogP contribution in [0.15, 0.2) is 53.3 Å². The Morgan fingerprint density at radius 2 is 1.93 bits per heavy atom. The van der Waals surface area contributed by atoms with Crippen LogP contribution in [0.3, 0.4) is 0 Å². The van der Waals surface area contributed by atoms with Crippen LogP contribution in [0, 0.1) is 10.7 Å². The van der Waals surface area contributed by atoms with E-state index in [0.29, 0.717) is 33.7 Å². The molecule has 1 fully saturated rings. The predicted molar refractivity (Wildman–Crippen MR) is 122 cm³/mol. The van der Waals surface area contributed by atoms with Crippen LogP contribution in [0.25, 0.3) is 10.9 Å². The van der Waals surface area contributed by atoms with Crippen LogP contribution in [-0.4, -0.2) is 21.5 Å². The third kappa shape index (κ3) is 4.38. The zero-order chi connectivity index (χ0) is 21.1. The molecular formula is C24H27N3O2S. The zero-order valence-electron chi connectivity index (χ0n) is 17.2. The molecule has 2 aromatic carbocycles. The van der Waals surface area contributed by atoms with E-state index in [4.69, 9.17) is 12.2 Å². The first-order valence-electron chi connectivity index (χ1n) is 10.6. The van der Waals surface area contributed by atoms with Gasteiger partial charge in [0.25, 0.3) is 11.5 Å². The highest BCUT2D eigenvalue weighted by Crippen LogP contribution is 2.24. The number of nitrogens with one attached hydrogen (secondary N) is 2. The van der Waals surface area contributed by atoms with E-state index < -0.39 is 0 Å². The van der Waals surface area contributed by atoms with Crippen LogP contribution in [0.5, 0.6) is 0 Å². The highest BCUT2D eigenvalue weighted by atomic mass is 32.1. The van der Waals surface area contributed by atoms with E-state index in [1.165, 1.54) is 6.42 Å². The number of fused-ring (bicyclic) bond motifs is 1. The quantitative estimate of drug-likeness (QED) is 0.591. The standard InChI is InChI=1S/C24H27N3O2S/c1-16-7-5-6-10-20(16)25-22(28)18-11-12-19-21(15-18)26-24(30)27(23(19)29)14-13-17-8-3-2-4-9-17/h2-4,8-9,11-12,15-16,20H,5-7,10,13-14H2,1H3,(H,25,28)(H,26,30). The summed E-state index contributed by atoms with van der Waals surface area (Å²) >= 11 is 5.44. The Morgan fingerprint density at radius 1 is 1.17 bits per heavy atom. The van der Waals surface area contributed by atoms with Gasteiger partial charge in [-0.2, -0.15) is 0 Å². The molecule has 0 spiro atoms. The van der Waals surface area contributed by atoms with Crippen LogP contribution >= 0.6 is 12.2 Å². The largest absolute Gasteiger partial charge is 0.349 e. The van der Waals surface area contributed by atoms with Gasteiger partial charge in [0.15, 0.2) is 4.77 Å². The van der Waals surface area contributed by atoms with Crippen molar-refractivity contribution in [3.63, 3.8) is 0 Å². The van der Waals surface area contributed by atoms with Gasteiger partial charge in [-0.25, -0.2) is 0 Å². The number of carbonyl (C=O) groups is 1. The van der Waals surface area contributed by atoms with Crippen LogP contribution in [0.1, 0.15) is 48.5 Å². The molecule has 1 aliphatic carbocycles. The first-order valence-corrected chi connectivity index (χ1v) is 11.1. The summed E-state index contributed by atoms with van der Waals surface area (Å²) in [5.74, 6) is 0.397. The Hall–Kier alpha value is -2.73. The van der Waals surface area contributed by atoms with Crippen molar-refractivity contribution >= 4 is 29.0 Å². The summed E-state index contributed by atoms with van der Waals surface area (Å²) in [6, 6.07) is 15.4. The van der Waals surface area contributed by atoms with E-state index in [1.807, 2.05) is 30.3 Å². The van der Waals surface area contributed by atoms with E-state index in [-0.39, 0.29) is 17.5 Å². The highest BCUT2D eigenvalue weighted by Gasteiger charge is 2.23. The molecule has 1 aromatic heterocycles. The summed E-state index contributed by atoms with van der Waals surface area (Å²) in [5, 5.41) is 3.71. The molecule has 4 rings (SSSR count). The summed E-state index contributed by atoms with van der Waals surface area (Å²) in [6.45, 7) is 2.70. The monoisotopic (exact) mass is 421 g/mol. The van der Waals surface area contributed by atoms with Crippen molar-refractivity contribution in [2.75, 3.05) is 0 Å². The molecule has 1 heterocycles. The number of hydrogen-bond acceptors (Lipinski definition) is 3. The normalized spacial score (nSPS) is 19.0. The molecule has 0 radical (unpaired) electrons. The lowest BCUT2D eigenvalue weighted by Crippen LogP contribution is -2.41. The van der Waals surface area contributed by atoms with E-state index in [1.54, 1.807) is 22.8 Å². The van der Waals surface area contributed by atoms with Gasteiger partial charge in [0, 0.05) is 18.2 Å². The lowest BCUT2D eigenvalue weighted by atomic mass is 9.86. The van der Waals surface area contributed by atoms with Gasteiger partial charge < -0.3 is 10.3 Å². The molecule has 0 aliphatic heterocycles. The molecule has 2 unspecified atom stereocenters. The minimum Gasteiger partial charge on any atom is -0.349 e. The number of hydrogen-bond donors (Lipinski definition) is 2. The Balaban J connectivity index is 1.57. The predicted octanol–water partition coefficient (Wildman–Crippen LogP) is 4.61. The lowest BCUT2D eigenvalue weighted by molar-refractivity contribution is 0.0910. The number of carbonyl (C=O) groups excluding carboxylic acids is 1. The number of amides is 1. The van der Waals surface area contributed by atoms with Crippen molar-refractivity contribution in [3.05, 3.63) is 74.8 Å². The number of aromatic nitrogens is 2. The molecule has 1 saturated carbocycles. The third-order valence-electron chi connectivity index (χ3n) is 6.14. The summed E-state index contributed by atoms with van der Waals surface area (Å²) in [6.07, 6.45) is 5.29. The average Bonchev–Trinajstić information content (AvgIpc) is 2.75. The van der Waals surface area contributed by atoms with Gasteiger partial charge in [-0.1, -0.05) is 50.1 Å².